The van der Waals surface area contributed by atoms with Crippen LogP contribution >= 0.6 is 0 Å². The summed E-state index contributed by atoms with van der Waals surface area (Å²) < 4.78 is 5.52. The number of hydrogen-bond acceptors (Lipinski definition) is 2. The van der Waals surface area contributed by atoms with Gasteiger partial charge in [-0.2, -0.15) is 0 Å². The van der Waals surface area contributed by atoms with Gasteiger partial charge in [-0.25, -0.2) is 0 Å². The van der Waals surface area contributed by atoms with Gasteiger partial charge in [0.25, 0.3) is 0 Å². The molecule has 1 N–H and O–H groups in total. The van der Waals surface area contributed by atoms with Crippen LogP contribution < -0.4 is 10.1 Å². The highest BCUT2D eigenvalue weighted by Gasteiger charge is 1.95. The normalized spacial score (nSPS) is 10.1. The topological polar surface area (TPSA) is 21.3 Å². The van der Waals surface area contributed by atoms with Gasteiger partial charge < -0.3 is 10.1 Å². The number of rotatable bonds is 7. The summed E-state index contributed by atoms with van der Waals surface area (Å²) in [7, 11) is 0. The Morgan fingerprint density at radius 1 is 1.31 bits per heavy atom. The molecule has 1 rings (SSSR count). The zero-order valence-electron chi connectivity index (χ0n) is 10.3. The fourth-order valence-corrected chi connectivity index (χ4v) is 1.34. The predicted octanol–water partition coefficient (Wildman–Crippen LogP) is 3.14. The van der Waals surface area contributed by atoms with Crippen molar-refractivity contribution >= 4 is 0 Å². The fourth-order valence-electron chi connectivity index (χ4n) is 1.34. The van der Waals surface area contributed by atoms with E-state index in [2.05, 4.69) is 31.0 Å². The van der Waals surface area contributed by atoms with Crippen molar-refractivity contribution in [1.82, 2.24) is 5.32 Å². The lowest BCUT2D eigenvalue weighted by Gasteiger charge is -2.07. The summed E-state index contributed by atoms with van der Waals surface area (Å²) in [6.07, 6.45) is 1.04. The molecular formula is C14H21NO. The van der Waals surface area contributed by atoms with Crippen LogP contribution in [0.3, 0.4) is 0 Å². The van der Waals surface area contributed by atoms with Gasteiger partial charge in [-0.05, 0) is 31.0 Å². The molecule has 0 heterocycles. The van der Waals surface area contributed by atoms with Crippen LogP contribution in [-0.2, 0) is 6.54 Å². The van der Waals surface area contributed by atoms with E-state index in [9.17, 15) is 0 Å². The summed E-state index contributed by atoms with van der Waals surface area (Å²) in [4.78, 5) is 0. The lowest BCUT2D eigenvalue weighted by molar-refractivity contribution is 0.317. The zero-order valence-corrected chi connectivity index (χ0v) is 10.3. The Morgan fingerprint density at radius 2 is 2.00 bits per heavy atom. The van der Waals surface area contributed by atoms with E-state index in [1.54, 1.807) is 0 Å². The first-order valence-corrected chi connectivity index (χ1v) is 5.79. The minimum absolute atomic E-state index is 0.785. The molecule has 0 unspecified atom stereocenters. The summed E-state index contributed by atoms with van der Waals surface area (Å²) in [6.45, 7) is 10.5. The second kappa shape index (κ2) is 7.07. The first-order valence-electron chi connectivity index (χ1n) is 5.79. The van der Waals surface area contributed by atoms with E-state index >= 15 is 0 Å². The third-order valence-electron chi connectivity index (χ3n) is 2.15. The van der Waals surface area contributed by atoms with Crippen LogP contribution in [0.4, 0.5) is 0 Å². The molecule has 0 bridgehead atoms. The summed E-state index contributed by atoms with van der Waals surface area (Å²) in [5.41, 5.74) is 2.42. The fraction of sp³-hybridized carbons (Fsp3) is 0.429. The van der Waals surface area contributed by atoms with Crippen LogP contribution in [0, 0.1) is 0 Å². The van der Waals surface area contributed by atoms with Crippen molar-refractivity contribution in [1.29, 1.82) is 0 Å². The van der Waals surface area contributed by atoms with E-state index in [1.807, 2.05) is 19.1 Å². The average Bonchev–Trinajstić information content (AvgIpc) is 2.27. The number of nitrogens with one attached hydrogen (secondary N) is 1. The quantitative estimate of drug-likeness (QED) is 0.711. The number of benzene rings is 1. The molecule has 0 aliphatic carbocycles. The van der Waals surface area contributed by atoms with Crippen LogP contribution in [-0.4, -0.2) is 13.2 Å². The summed E-state index contributed by atoms with van der Waals surface area (Å²) >= 11 is 0. The minimum Gasteiger partial charge on any atom is -0.494 e. The van der Waals surface area contributed by atoms with Gasteiger partial charge in [0.15, 0.2) is 0 Å². The molecule has 2 nitrogen and oxygen atoms in total. The van der Waals surface area contributed by atoms with Gasteiger partial charge in [0.1, 0.15) is 5.75 Å². The molecule has 1 aromatic rings. The third-order valence-corrected chi connectivity index (χ3v) is 2.15. The molecule has 0 saturated carbocycles. The van der Waals surface area contributed by atoms with Gasteiger partial charge in [-0.3, -0.25) is 0 Å². The first kappa shape index (κ1) is 12.8. The maximum Gasteiger partial charge on any atom is 0.119 e. The van der Waals surface area contributed by atoms with E-state index in [-0.39, 0.29) is 0 Å². The smallest absolute Gasteiger partial charge is 0.119 e. The third kappa shape index (κ3) is 4.99. The highest BCUT2D eigenvalue weighted by atomic mass is 16.5. The van der Waals surface area contributed by atoms with Crippen LogP contribution in [0.5, 0.6) is 5.75 Å². The average molecular weight is 219 g/mol. The van der Waals surface area contributed by atoms with Crippen molar-refractivity contribution < 1.29 is 4.74 Å². The van der Waals surface area contributed by atoms with Gasteiger partial charge >= 0.3 is 0 Å². The van der Waals surface area contributed by atoms with E-state index in [1.165, 1.54) is 5.56 Å². The SMILES string of the molecule is C=C(C)CNCc1ccc(OCCC)cc1. The van der Waals surface area contributed by atoms with Crippen molar-refractivity contribution in [2.45, 2.75) is 26.8 Å². The Hall–Kier alpha value is -1.28. The van der Waals surface area contributed by atoms with Crippen LogP contribution in [0.2, 0.25) is 0 Å². The van der Waals surface area contributed by atoms with Gasteiger partial charge in [-0.1, -0.05) is 31.2 Å². The number of ether oxygens (including phenoxy) is 1. The largest absolute Gasteiger partial charge is 0.494 e. The molecule has 0 atom stereocenters. The molecule has 16 heavy (non-hydrogen) atoms. The Kier molecular flexibility index (Phi) is 5.65. The summed E-state index contributed by atoms with van der Waals surface area (Å²) in [5.74, 6) is 0.950. The van der Waals surface area contributed by atoms with Crippen molar-refractivity contribution in [2.24, 2.45) is 0 Å². The highest BCUT2D eigenvalue weighted by molar-refractivity contribution is 5.27. The molecule has 0 spiro atoms. The van der Waals surface area contributed by atoms with E-state index in [0.29, 0.717) is 0 Å². The van der Waals surface area contributed by atoms with Gasteiger partial charge in [0.05, 0.1) is 6.61 Å². The Morgan fingerprint density at radius 3 is 2.56 bits per heavy atom. The molecule has 0 fully saturated rings. The maximum absolute atomic E-state index is 5.52. The second-order valence-corrected chi connectivity index (χ2v) is 4.05. The highest BCUT2D eigenvalue weighted by Crippen LogP contribution is 2.12. The molecule has 0 amide bonds. The van der Waals surface area contributed by atoms with Crippen LogP contribution in [0.1, 0.15) is 25.8 Å². The zero-order chi connectivity index (χ0) is 11.8. The lowest BCUT2D eigenvalue weighted by Crippen LogP contribution is -2.14. The molecule has 0 radical (unpaired) electrons. The number of hydrogen-bond donors (Lipinski definition) is 1. The maximum atomic E-state index is 5.52. The molecule has 2 heteroatoms. The first-order chi connectivity index (χ1) is 7.72. The predicted molar refractivity (Wildman–Crippen MR) is 68.7 cm³/mol. The van der Waals surface area contributed by atoms with E-state index in [4.69, 9.17) is 4.74 Å². The molecule has 0 aromatic heterocycles. The van der Waals surface area contributed by atoms with Crippen LogP contribution in [0.15, 0.2) is 36.4 Å². The van der Waals surface area contributed by atoms with E-state index < -0.39 is 0 Å². The molecule has 0 aliphatic rings. The Bertz CT molecular complexity index is 316. The lowest BCUT2D eigenvalue weighted by atomic mass is 10.2. The van der Waals surface area contributed by atoms with Crippen molar-refractivity contribution in [2.75, 3.05) is 13.2 Å². The minimum atomic E-state index is 0.785. The summed E-state index contributed by atoms with van der Waals surface area (Å²) in [6, 6.07) is 8.23. The molecule has 0 saturated heterocycles. The van der Waals surface area contributed by atoms with E-state index in [0.717, 1.165) is 37.4 Å². The summed E-state index contributed by atoms with van der Waals surface area (Å²) in [5, 5.41) is 3.32. The standard InChI is InChI=1S/C14H21NO/c1-4-9-16-14-7-5-13(6-8-14)11-15-10-12(2)3/h5-8,15H,2,4,9-11H2,1,3H3. The van der Waals surface area contributed by atoms with Gasteiger partial charge in [0, 0.05) is 13.1 Å². The molecule has 88 valence electrons. The second-order valence-electron chi connectivity index (χ2n) is 4.05. The van der Waals surface area contributed by atoms with Crippen molar-refractivity contribution in [3.05, 3.63) is 42.0 Å². The van der Waals surface area contributed by atoms with Gasteiger partial charge in [0.2, 0.25) is 0 Å². The van der Waals surface area contributed by atoms with Crippen LogP contribution in [0.25, 0.3) is 0 Å². The van der Waals surface area contributed by atoms with Gasteiger partial charge in [-0.15, -0.1) is 0 Å². The monoisotopic (exact) mass is 219 g/mol. The molecule has 0 aliphatic heterocycles. The van der Waals surface area contributed by atoms with Crippen molar-refractivity contribution in [3.8, 4) is 5.75 Å². The van der Waals surface area contributed by atoms with Crippen molar-refractivity contribution in [3.63, 3.8) is 0 Å². The Balaban J connectivity index is 2.36. The molecular weight excluding hydrogens is 198 g/mol. The molecule has 1 aromatic carbocycles. The Labute approximate surface area is 98.3 Å².